The lowest BCUT2D eigenvalue weighted by molar-refractivity contribution is -0.122. The first kappa shape index (κ1) is 17.7. The lowest BCUT2D eigenvalue weighted by Gasteiger charge is -2.18. The van der Waals surface area contributed by atoms with Crippen molar-refractivity contribution >= 4 is 11.8 Å². The Morgan fingerprint density at radius 2 is 1.88 bits per heavy atom. The second kappa shape index (κ2) is 9.52. The first-order chi connectivity index (χ1) is 11.7. The third-order valence-corrected chi connectivity index (χ3v) is 3.50. The van der Waals surface area contributed by atoms with Crippen molar-refractivity contribution in [1.29, 1.82) is 0 Å². The van der Waals surface area contributed by atoms with Gasteiger partial charge in [-0.25, -0.2) is 0 Å². The van der Waals surface area contributed by atoms with Gasteiger partial charge in [-0.1, -0.05) is 37.3 Å². The van der Waals surface area contributed by atoms with Gasteiger partial charge in [0.15, 0.2) is 5.76 Å². The molecule has 24 heavy (non-hydrogen) atoms. The highest BCUT2D eigenvalue weighted by atomic mass is 16.3. The molecule has 1 aromatic carbocycles. The molecule has 2 amide bonds. The molecule has 2 rings (SSSR count). The molecule has 2 aromatic rings. The van der Waals surface area contributed by atoms with Gasteiger partial charge in [-0.15, -0.1) is 0 Å². The van der Waals surface area contributed by atoms with E-state index in [4.69, 9.17) is 4.42 Å². The third kappa shape index (κ3) is 5.55. The molecule has 1 atom stereocenters. The highest BCUT2D eigenvalue weighted by Gasteiger charge is 2.22. The highest BCUT2D eigenvalue weighted by molar-refractivity contribution is 5.95. The molecule has 6 heteroatoms. The molecule has 0 saturated heterocycles. The summed E-state index contributed by atoms with van der Waals surface area (Å²) >= 11 is 0. The molecule has 3 N–H and O–H groups in total. The van der Waals surface area contributed by atoms with Gasteiger partial charge in [0.2, 0.25) is 5.91 Å². The summed E-state index contributed by atoms with van der Waals surface area (Å²) in [6, 6.07) is 12.1. The number of carbonyl (C=O) groups is 2. The molecule has 1 heterocycles. The van der Waals surface area contributed by atoms with Crippen LogP contribution < -0.4 is 16.0 Å². The van der Waals surface area contributed by atoms with Crippen LogP contribution in [0.2, 0.25) is 0 Å². The van der Waals surface area contributed by atoms with E-state index in [1.807, 2.05) is 37.3 Å². The standard InChI is InChI=1S/C18H23N3O3/c1-2-19-10-11-20-17(22)15(13-14-7-4-3-5-8-14)21-18(23)16-9-6-12-24-16/h3-9,12,15,19H,2,10-11,13H2,1H3,(H,20,22)(H,21,23). The van der Waals surface area contributed by atoms with Gasteiger partial charge in [0.05, 0.1) is 6.26 Å². The van der Waals surface area contributed by atoms with Crippen molar-refractivity contribution in [3.05, 3.63) is 60.1 Å². The maximum atomic E-state index is 12.4. The number of carbonyl (C=O) groups excluding carboxylic acids is 2. The molecule has 1 unspecified atom stereocenters. The van der Waals surface area contributed by atoms with E-state index in [1.165, 1.54) is 6.26 Å². The van der Waals surface area contributed by atoms with E-state index in [9.17, 15) is 9.59 Å². The predicted molar refractivity (Wildman–Crippen MR) is 91.7 cm³/mol. The Labute approximate surface area is 141 Å². The summed E-state index contributed by atoms with van der Waals surface area (Å²) in [5.41, 5.74) is 0.976. The Bertz CT molecular complexity index is 626. The van der Waals surface area contributed by atoms with Gasteiger partial charge in [0, 0.05) is 19.5 Å². The largest absolute Gasteiger partial charge is 0.459 e. The van der Waals surface area contributed by atoms with Crippen LogP contribution in [0.3, 0.4) is 0 Å². The smallest absolute Gasteiger partial charge is 0.287 e. The van der Waals surface area contributed by atoms with E-state index < -0.39 is 11.9 Å². The van der Waals surface area contributed by atoms with Gasteiger partial charge < -0.3 is 20.4 Å². The highest BCUT2D eigenvalue weighted by Crippen LogP contribution is 2.06. The van der Waals surface area contributed by atoms with Crippen molar-refractivity contribution in [2.45, 2.75) is 19.4 Å². The number of nitrogens with one attached hydrogen (secondary N) is 3. The summed E-state index contributed by atoms with van der Waals surface area (Å²) in [6.45, 7) is 4.04. The zero-order chi connectivity index (χ0) is 17.2. The average molecular weight is 329 g/mol. The predicted octanol–water partition coefficient (Wildman–Crippen LogP) is 1.35. The molecule has 0 aliphatic carbocycles. The lowest BCUT2D eigenvalue weighted by atomic mass is 10.1. The Kier molecular flexibility index (Phi) is 7.04. The number of hydrogen-bond donors (Lipinski definition) is 3. The molecular formula is C18H23N3O3. The summed E-state index contributed by atoms with van der Waals surface area (Å²) in [5, 5.41) is 8.72. The summed E-state index contributed by atoms with van der Waals surface area (Å²) in [4.78, 5) is 24.6. The van der Waals surface area contributed by atoms with E-state index in [0.717, 1.165) is 12.1 Å². The maximum Gasteiger partial charge on any atom is 0.287 e. The molecule has 0 spiro atoms. The molecule has 1 aromatic heterocycles. The van der Waals surface area contributed by atoms with Crippen molar-refractivity contribution in [2.24, 2.45) is 0 Å². The second-order valence-electron chi connectivity index (χ2n) is 5.34. The number of furan rings is 1. The van der Waals surface area contributed by atoms with Crippen molar-refractivity contribution in [1.82, 2.24) is 16.0 Å². The Morgan fingerprint density at radius 3 is 2.54 bits per heavy atom. The minimum Gasteiger partial charge on any atom is -0.459 e. The van der Waals surface area contributed by atoms with Gasteiger partial charge in [-0.05, 0) is 24.2 Å². The van der Waals surface area contributed by atoms with Crippen LogP contribution in [0.1, 0.15) is 23.0 Å². The quantitative estimate of drug-likeness (QED) is 0.606. The van der Waals surface area contributed by atoms with Crippen molar-refractivity contribution < 1.29 is 14.0 Å². The van der Waals surface area contributed by atoms with Crippen LogP contribution in [0, 0.1) is 0 Å². The first-order valence-corrected chi connectivity index (χ1v) is 8.07. The van der Waals surface area contributed by atoms with Crippen LogP contribution in [0.25, 0.3) is 0 Å². The number of likely N-dealkylation sites (N-methyl/N-ethyl adjacent to an activating group) is 1. The van der Waals surface area contributed by atoms with Gasteiger partial charge in [-0.3, -0.25) is 9.59 Å². The van der Waals surface area contributed by atoms with Gasteiger partial charge >= 0.3 is 0 Å². The van der Waals surface area contributed by atoms with Gasteiger partial charge in [0.1, 0.15) is 6.04 Å². The molecule has 0 bridgehead atoms. The van der Waals surface area contributed by atoms with Crippen LogP contribution in [-0.4, -0.2) is 37.5 Å². The molecule has 0 radical (unpaired) electrons. The molecule has 0 aliphatic rings. The fraction of sp³-hybridized carbons (Fsp3) is 0.333. The molecule has 0 fully saturated rings. The first-order valence-electron chi connectivity index (χ1n) is 8.07. The molecule has 6 nitrogen and oxygen atoms in total. The van der Waals surface area contributed by atoms with Crippen LogP contribution >= 0.6 is 0 Å². The van der Waals surface area contributed by atoms with E-state index >= 15 is 0 Å². The van der Waals surface area contributed by atoms with Crippen LogP contribution in [0.5, 0.6) is 0 Å². The molecule has 0 saturated carbocycles. The summed E-state index contributed by atoms with van der Waals surface area (Å²) < 4.78 is 5.09. The molecular weight excluding hydrogens is 306 g/mol. The monoisotopic (exact) mass is 329 g/mol. The summed E-state index contributed by atoms with van der Waals surface area (Å²) in [5.74, 6) is -0.423. The summed E-state index contributed by atoms with van der Waals surface area (Å²) in [6.07, 6.45) is 1.85. The normalized spacial score (nSPS) is 11.7. The zero-order valence-electron chi connectivity index (χ0n) is 13.7. The van der Waals surface area contributed by atoms with E-state index in [0.29, 0.717) is 19.5 Å². The Balaban J connectivity index is 2.00. The number of rotatable bonds is 9. The zero-order valence-corrected chi connectivity index (χ0v) is 13.7. The van der Waals surface area contributed by atoms with Gasteiger partial charge in [-0.2, -0.15) is 0 Å². The second-order valence-corrected chi connectivity index (χ2v) is 5.34. The molecule has 128 valence electrons. The lowest BCUT2D eigenvalue weighted by Crippen LogP contribution is -2.49. The SMILES string of the molecule is CCNCCNC(=O)C(Cc1ccccc1)NC(=O)c1ccco1. The van der Waals surface area contributed by atoms with E-state index in [1.54, 1.807) is 12.1 Å². The van der Waals surface area contributed by atoms with E-state index in [-0.39, 0.29) is 11.7 Å². The summed E-state index contributed by atoms with van der Waals surface area (Å²) in [7, 11) is 0. The van der Waals surface area contributed by atoms with E-state index in [2.05, 4.69) is 16.0 Å². The number of benzene rings is 1. The van der Waals surface area contributed by atoms with Crippen LogP contribution in [-0.2, 0) is 11.2 Å². The van der Waals surface area contributed by atoms with Crippen LogP contribution in [0.4, 0.5) is 0 Å². The fourth-order valence-corrected chi connectivity index (χ4v) is 2.27. The van der Waals surface area contributed by atoms with Crippen molar-refractivity contribution in [2.75, 3.05) is 19.6 Å². The number of hydrogen-bond acceptors (Lipinski definition) is 4. The van der Waals surface area contributed by atoms with Crippen LogP contribution in [0.15, 0.2) is 53.1 Å². The van der Waals surface area contributed by atoms with Crippen molar-refractivity contribution in [3.63, 3.8) is 0 Å². The van der Waals surface area contributed by atoms with Gasteiger partial charge in [0.25, 0.3) is 5.91 Å². The Morgan fingerprint density at radius 1 is 1.08 bits per heavy atom. The average Bonchev–Trinajstić information content (AvgIpc) is 3.13. The fourth-order valence-electron chi connectivity index (χ4n) is 2.27. The third-order valence-electron chi connectivity index (χ3n) is 3.50. The Hall–Kier alpha value is -2.60. The van der Waals surface area contributed by atoms with Crippen molar-refractivity contribution in [3.8, 4) is 0 Å². The number of amides is 2. The topological polar surface area (TPSA) is 83.4 Å². The maximum absolute atomic E-state index is 12.4. The minimum atomic E-state index is -0.661. The molecule has 0 aliphatic heterocycles. The minimum absolute atomic E-state index is 0.188.